The molecule has 0 bridgehead atoms. The van der Waals surface area contributed by atoms with E-state index in [0.29, 0.717) is 17.7 Å². The number of aromatic nitrogens is 1. The van der Waals surface area contributed by atoms with E-state index in [1.165, 1.54) is 28.8 Å². The summed E-state index contributed by atoms with van der Waals surface area (Å²) in [6.07, 6.45) is 2.37. The second-order valence-electron chi connectivity index (χ2n) is 10.1. The number of allylic oxidation sites excluding steroid dienone is 1. The lowest BCUT2D eigenvalue weighted by Gasteiger charge is -2.33. The SMILES string of the molecule is C=C(Cc1cc(O)n(CCOc2ccc([N+](=O)[O-])cc2)c1O)CC(C)(C)CC(C)(C)C. The first kappa shape index (κ1) is 24.3. The van der Waals surface area contributed by atoms with Gasteiger partial charge in [0.05, 0.1) is 11.5 Å². The minimum atomic E-state index is -0.473. The number of hydrogen-bond donors (Lipinski definition) is 2. The van der Waals surface area contributed by atoms with Crippen molar-refractivity contribution in [1.29, 1.82) is 0 Å². The fourth-order valence-electron chi connectivity index (χ4n) is 4.36. The predicted octanol–water partition coefficient (Wildman–Crippen LogP) is 5.84. The van der Waals surface area contributed by atoms with Crippen molar-refractivity contribution in [2.24, 2.45) is 10.8 Å². The van der Waals surface area contributed by atoms with Gasteiger partial charge in [0.1, 0.15) is 12.4 Å². The van der Waals surface area contributed by atoms with Gasteiger partial charge in [0.25, 0.3) is 5.69 Å². The van der Waals surface area contributed by atoms with E-state index in [4.69, 9.17) is 4.74 Å². The van der Waals surface area contributed by atoms with Gasteiger partial charge in [-0.15, -0.1) is 0 Å². The zero-order chi connectivity index (χ0) is 23.4. The molecule has 1 aromatic carbocycles. The Hall–Kier alpha value is -2.96. The van der Waals surface area contributed by atoms with E-state index in [1.807, 2.05) is 0 Å². The quantitative estimate of drug-likeness (QED) is 0.280. The van der Waals surface area contributed by atoms with Gasteiger partial charge < -0.3 is 14.9 Å². The van der Waals surface area contributed by atoms with Gasteiger partial charge in [0, 0.05) is 23.8 Å². The molecule has 0 radical (unpaired) electrons. The van der Waals surface area contributed by atoms with Crippen molar-refractivity contribution in [3.8, 4) is 17.5 Å². The van der Waals surface area contributed by atoms with Crippen LogP contribution in [0.3, 0.4) is 0 Å². The Morgan fingerprint density at radius 2 is 1.77 bits per heavy atom. The van der Waals surface area contributed by atoms with Crippen molar-refractivity contribution in [2.45, 2.75) is 60.4 Å². The van der Waals surface area contributed by atoms with Crippen molar-refractivity contribution >= 4 is 5.69 Å². The first-order valence-corrected chi connectivity index (χ1v) is 10.4. The van der Waals surface area contributed by atoms with Gasteiger partial charge in [-0.25, -0.2) is 0 Å². The number of rotatable bonds is 10. The number of benzene rings is 1. The molecule has 0 fully saturated rings. The molecule has 170 valence electrons. The zero-order valence-corrected chi connectivity index (χ0v) is 19.1. The topological polar surface area (TPSA) is 97.8 Å². The highest BCUT2D eigenvalue weighted by Gasteiger charge is 2.26. The Morgan fingerprint density at radius 1 is 1.16 bits per heavy atom. The summed E-state index contributed by atoms with van der Waals surface area (Å²) < 4.78 is 6.96. The second-order valence-corrected chi connectivity index (χ2v) is 10.1. The summed E-state index contributed by atoms with van der Waals surface area (Å²) in [5.74, 6) is 0.438. The molecule has 0 aliphatic rings. The summed E-state index contributed by atoms with van der Waals surface area (Å²) >= 11 is 0. The molecule has 0 saturated heterocycles. The molecule has 1 aromatic heterocycles. The average Bonchev–Trinajstić information content (AvgIpc) is 2.86. The van der Waals surface area contributed by atoms with E-state index in [2.05, 4.69) is 41.2 Å². The van der Waals surface area contributed by atoms with Crippen LogP contribution in [0.5, 0.6) is 17.5 Å². The summed E-state index contributed by atoms with van der Waals surface area (Å²) in [5, 5.41) is 31.5. The van der Waals surface area contributed by atoms with Crippen LogP contribution in [0.4, 0.5) is 5.69 Å². The monoisotopic (exact) mass is 430 g/mol. The van der Waals surface area contributed by atoms with Crippen molar-refractivity contribution in [3.63, 3.8) is 0 Å². The van der Waals surface area contributed by atoms with E-state index < -0.39 is 4.92 Å². The largest absolute Gasteiger partial charge is 0.494 e. The van der Waals surface area contributed by atoms with Crippen LogP contribution < -0.4 is 4.74 Å². The number of nitro groups is 1. The number of hydrogen-bond acceptors (Lipinski definition) is 5. The number of nitro benzene ring substituents is 1. The summed E-state index contributed by atoms with van der Waals surface area (Å²) in [4.78, 5) is 10.2. The summed E-state index contributed by atoms with van der Waals surface area (Å²) in [5.41, 5.74) is 1.93. The predicted molar refractivity (Wildman–Crippen MR) is 122 cm³/mol. The molecule has 2 aromatic rings. The number of nitrogens with zero attached hydrogens (tertiary/aromatic N) is 2. The smallest absolute Gasteiger partial charge is 0.269 e. The van der Waals surface area contributed by atoms with Crippen molar-refractivity contribution in [1.82, 2.24) is 4.57 Å². The maximum absolute atomic E-state index is 10.7. The van der Waals surface area contributed by atoms with Crippen LogP contribution in [-0.2, 0) is 13.0 Å². The summed E-state index contributed by atoms with van der Waals surface area (Å²) in [6, 6.07) is 7.32. The Labute approximate surface area is 184 Å². The van der Waals surface area contributed by atoms with E-state index in [9.17, 15) is 20.3 Å². The second kappa shape index (κ2) is 9.45. The lowest BCUT2D eigenvalue weighted by molar-refractivity contribution is -0.384. The molecule has 2 rings (SSSR count). The molecule has 0 unspecified atom stereocenters. The third-order valence-corrected chi connectivity index (χ3v) is 4.93. The van der Waals surface area contributed by atoms with E-state index in [-0.39, 0.29) is 41.4 Å². The Morgan fingerprint density at radius 3 is 2.32 bits per heavy atom. The van der Waals surface area contributed by atoms with E-state index >= 15 is 0 Å². The molecule has 0 saturated carbocycles. The van der Waals surface area contributed by atoms with Gasteiger partial charge in [-0.3, -0.25) is 14.7 Å². The number of ether oxygens (including phenoxy) is 1. The normalized spacial score (nSPS) is 12.0. The van der Waals surface area contributed by atoms with Gasteiger partial charge in [-0.2, -0.15) is 0 Å². The Bertz CT molecular complexity index is 921. The Kier molecular flexibility index (Phi) is 7.41. The molecule has 7 heteroatoms. The molecule has 0 amide bonds. The van der Waals surface area contributed by atoms with Crippen LogP contribution in [0, 0.1) is 20.9 Å². The highest BCUT2D eigenvalue weighted by Crippen LogP contribution is 2.39. The van der Waals surface area contributed by atoms with Crippen LogP contribution >= 0.6 is 0 Å². The molecule has 31 heavy (non-hydrogen) atoms. The van der Waals surface area contributed by atoms with Gasteiger partial charge in [-0.1, -0.05) is 46.8 Å². The molecule has 1 heterocycles. The first-order valence-electron chi connectivity index (χ1n) is 10.4. The summed E-state index contributed by atoms with van der Waals surface area (Å²) in [7, 11) is 0. The molecule has 0 aliphatic carbocycles. The van der Waals surface area contributed by atoms with Crippen LogP contribution in [-0.4, -0.2) is 26.3 Å². The van der Waals surface area contributed by atoms with Crippen molar-refractivity contribution in [2.75, 3.05) is 6.61 Å². The molecule has 0 atom stereocenters. The fraction of sp³-hybridized carbons (Fsp3) is 0.500. The average molecular weight is 431 g/mol. The van der Waals surface area contributed by atoms with Crippen molar-refractivity contribution in [3.05, 3.63) is 58.2 Å². The van der Waals surface area contributed by atoms with Gasteiger partial charge in [0.2, 0.25) is 0 Å². The molecule has 0 aliphatic heterocycles. The standard InChI is InChI=1S/C24H34N2O5/c1-17(15-24(5,6)16-23(2,3)4)13-18-14-21(27)25(22(18)28)11-12-31-20-9-7-19(8-10-20)26(29)30/h7-10,14,27-28H,1,11-13,15-16H2,2-6H3. The molecular formula is C24H34N2O5. The van der Waals surface area contributed by atoms with Gasteiger partial charge >= 0.3 is 0 Å². The lowest BCUT2D eigenvalue weighted by atomic mass is 9.73. The summed E-state index contributed by atoms with van der Waals surface area (Å²) in [6.45, 7) is 15.7. The highest BCUT2D eigenvalue weighted by atomic mass is 16.6. The van der Waals surface area contributed by atoms with Crippen LogP contribution in [0.15, 0.2) is 42.5 Å². The van der Waals surface area contributed by atoms with E-state index in [1.54, 1.807) is 6.07 Å². The molecule has 7 nitrogen and oxygen atoms in total. The highest BCUT2D eigenvalue weighted by molar-refractivity contribution is 5.38. The van der Waals surface area contributed by atoms with E-state index in [0.717, 1.165) is 18.4 Å². The van der Waals surface area contributed by atoms with Gasteiger partial charge in [0.15, 0.2) is 11.8 Å². The van der Waals surface area contributed by atoms with Crippen molar-refractivity contribution < 1.29 is 19.9 Å². The first-order chi connectivity index (χ1) is 14.3. The van der Waals surface area contributed by atoms with Crippen LogP contribution in [0.1, 0.15) is 53.0 Å². The van der Waals surface area contributed by atoms with Crippen LogP contribution in [0.25, 0.3) is 0 Å². The maximum Gasteiger partial charge on any atom is 0.269 e. The lowest BCUT2D eigenvalue weighted by Crippen LogP contribution is -2.21. The Balaban J connectivity index is 1.95. The van der Waals surface area contributed by atoms with Crippen LogP contribution in [0.2, 0.25) is 0 Å². The third kappa shape index (κ3) is 7.35. The number of non-ortho nitro benzene ring substituents is 1. The minimum Gasteiger partial charge on any atom is -0.494 e. The fourth-order valence-corrected chi connectivity index (χ4v) is 4.36. The maximum atomic E-state index is 10.7. The number of aromatic hydroxyl groups is 2. The van der Waals surface area contributed by atoms with Gasteiger partial charge in [-0.05, 0) is 42.2 Å². The zero-order valence-electron chi connectivity index (χ0n) is 19.1. The third-order valence-electron chi connectivity index (χ3n) is 4.93. The molecule has 2 N–H and O–H groups in total. The molecule has 0 spiro atoms. The minimum absolute atomic E-state index is 0.000392. The molecular weight excluding hydrogens is 396 g/mol.